The zero-order chi connectivity index (χ0) is 9.62. The molecule has 0 radical (unpaired) electrons. The minimum atomic E-state index is 0.389. The lowest BCUT2D eigenvalue weighted by atomic mass is 9.49. The average Bonchev–Trinajstić information content (AvgIpc) is 1.47. The molecule has 70 valence electrons. The van der Waals surface area contributed by atoms with Gasteiger partial charge in [0.05, 0.1) is 0 Å². The van der Waals surface area contributed by atoms with Crippen LogP contribution in [-0.2, 0) is 0 Å². The van der Waals surface area contributed by atoms with Crippen molar-refractivity contribution in [3.05, 3.63) is 12.2 Å². The highest BCUT2D eigenvalue weighted by molar-refractivity contribution is 5.21. The van der Waals surface area contributed by atoms with Crippen LogP contribution in [0.1, 0.15) is 48.0 Å². The quantitative estimate of drug-likeness (QED) is 0.477. The Hall–Kier alpha value is -0.260. The second-order valence-electron chi connectivity index (χ2n) is 6.08. The zero-order valence-corrected chi connectivity index (χ0v) is 9.36. The Labute approximate surface area is 77.1 Å². The maximum Gasteiger partial charge on any atom is 0.00131 e. The first-order valence-electron chi connectivity index (χ1n) is 4.88. The Morgan fingerprint density at radius 2 is 1.25 bits per heavy atom. The summed E-state index contributed by atoms with van der Waals surface area (Å²) < 4.78 is 0. The van der Waals surface area contributed by atoms with E-state index in [1.807, 2.05) is 0 Å². The van der Waals surface area contributed by atoms with Crippen molar-refractivity contribution < 1.29 is 0 Å². The van der Waals surface area contributed by atoms with Crippen molar-refractivity contribution in [3.8, 4) is 0 Å². The van der Waals surface area contributed by atoms with Gasteiger partial charge in [0.1, 0.15) is 0 Å². The van der Waals surface area contributed by atoms with E-state index in [4.69, 9.17) is 0 Å². The first-order chi connectivity index (χ1) is 5.21. The van der Waals surface area contributed by atoms with E-state index in [1.165, 1.54) is 6.42 Å². The minimum absolute atomic E-state index is 0.389. The first kappa shape index (κ1) is 9.83. The Morgan fingerprint density at radius 1 is 0.917 bits per heavy atom. The smallest absolute Gasteiger partial charge is 0.00131 e. The van der Waals surface area contributed by atoms with E-state index in [-0.39, 0.29) is 0 Å². The molecular formula is C12H22. The molecule has 0 aliphatic heterocycles. The molecule has 1 aliphatic carbocycles. The highest BCUT2D eigenvalue weighted by atomic mass is 14.5. The Morgan fingerprint density at radius 3 is 1.25 bits per heavy atom. The van der Waals surface area contributed by atoms with Gasteiger partial charge in [-0.05, 0) is 17.3 Å². The molecular weight excluding hydrogens is 144 g/mol. The molecule has 1 rings (SSSR count). The lowest BCUT2D eigenvalue weighted by Gasteiger charge is -2.55. The van der Waals surface area contributed by atoms with Gasteiger partial charge in [0, 0.05) is 5.41 Å². The predicted octanol–water partition coefficient (Wildman–Crippen LogP) is 4.02. The maximum atomic E-state index is 2.41. The van der Waals surface area contributed by atoms with Crippen LogP contribution in [-0.4, -0.2) is 0 Å². The van der Waals surface area contributed by atoms with E-state index < -0.39 is 0 Å². The van der Waals surface area contributed by atoms with Gasteiger partial charge in [-0.2, -0.15) is 0 Å². The third-order valence-corrected chi connectivity index (χ3v) is 3.52. The van der Waals surface area contributed by atoms with E-state index in [0.717, 1.165) is 0 Å². The minimum Gasteiger partial charge on any atom is -0.0870 e. The van der Waals surface area contributed by atoms with Crippen LogP contribution in [0.3, 0.4) is 0 Å². The van der Waals surface area contributed by atoms with Crippen LogP contribution >= 0.6 is 0 Å². The van der Waals surface area contributed by atoms with Crippen LogP contribution < -0.4 is 0 Å². The van der Waals surface area contributed by atoms with E-state index in [2.05, 4.69) is 53.7 Å². The van der Waals surface area contributed by atoms with Crippen molar-refractivity contribution in [1.82, 2.24) is 0 Å². The Bertz CT molecular complexity index is 181. The Kier molecular flexibility index (Phi) is 1.94. The SMILES string of the molecule is CC(C)(C)C1(C(C)(C)C)C=CC1. The summed E-state index contributed by atoms with van der Waals surface area (Å²) in [5, 5.41) is 0. The molecule has 0 N–H and O–H groups in total. The van der Waals surface area contributed by atoms with Gasteiger partial charge in [-0.1, -0.05) is 53.7 Å². The molecule has 12 heavy (non-hydrogen) atoms. The summed E-state index contributed by atoms with van der Waals surface area (Å²) in [6.45, 7) is 14.1. The highest BCUT2D eigenvalue weighted by Gasteiger charge is 2.50. The summed E-state index contributed by atoms with van der Waals surface area (Å²) in [7, 11) is 0. The third-order valence-electron chi connectivity index (χ3n) is 3.52. The van der Waals surface area contributed by atoms with Gasteiger partial charge in [0.15, 0.2) is 0 Å². The van der Waals surface area contributed by atoms with Crippen molar-refractivity contribution in [2.45, 2.75) is 48.0 Å². The molecule has 0 nitrogen and oxygen atoms in total. The molecule has 0 aromatic heterocycles. The van der Waals surface area contributed by atoms with Gasteiger partial charge in [-0.15, -0.1) is 0 Å². The molecule has 0 amide bonds. The van der Waals surface area contributed by atoms with Crippen LogP contribution in [0.25, 0.3) is 0 Å². The van der Waals surface area contributed by atoms with Crippen LogP contribution in [0, 0.1) is 16.2 Å². The van der Waals surface area contributed by atoms with Crippen LogP contribution in [0.4, 0.5) is 0 Å². The zero-order valence-electron chi connectivity index (χ0n) is 9.36. The van der Waals surface area contributed by atoms with Crippen molar-refractivity contribution >= 4 is 0 Å². The van der Waals surface area contributed by atoms with Crippen LogP contribution in [0.15, 0.2) is 12.2 Å². The van der Waals surface area contributed by atoms with E-state index in [9.17, 15) is 0 Å². The van der Waals surface area contributed by atoms with Gasteiger partial charge in [-0.3, -0.25) is 0 Å². The summed E-state index contributed by atoms with van der Waals surface area (Å²) in [5.41, 5.74) is 1.19. The lowest BCUT2D eigenvalue weighted by Crippen LogP contribution is -2.47. The predicted molar refractivity (Wildman–Crippen MR) is 55.1 cm³/mol. The summed E-state index contributed by atoms with van der Waals surface area (Å²) in [4.78, 5) is 0. The lowest BCUT2D eigenvalue weighted by molar-refractivity contribution is 0.00382. The molecule has 0 heterocycles. The fourth-order valence-electron chi connectivity index (χ4n) is 2.59. The standard InChI is InChI=1S/C12H22/c1-10(2,3)12(8-7-9-12)11(4,5)6/h7-8H,9H2,1-6H3. The monoisotopic (exact) mass is 166 g/mol. The molecule has 0 saturated carbocycles. The molecule has 0 heteroatoms. The van der Waals surface area contributed by atoms with Gasteiger partial charge in [-0.25, -0.2) is 0 Å². The second-order valence-corrected chi connectivity index (χ2v) is 6.08. The summed E-state index contributed by atoms with van der Waals surface area (Å²) in [6, 6.07) is 0. The van der Waals surface area contributed by atoms with Crippen molar-refractivity contribution in [2.75, 3.05) is 0 Å². The maximum absolute atomic E-state index is 2.41. The van der Waals surface area contributed by atoms with Crippen LogP contribution in [0.5, 0.6) is 0 Å². The first-order valence-corrected chi connectivity index (χ1v) is 4.88. The third kappa shape index (κ3) is 1.12. The molecule has 0 saturated heterocycles. The van der Waals surface area contributed by atoms with E-state index >= 15 is 0 Å². The van der Waals surface area contributed by atoms with Crippen molar-refractivity contribution in [1.29, 1.82) is 0 Å². The molecule has 0 atom stereocenters. The number of allylic oxidation sites excluding steroid dienone is 2. The number of rotatable bonds is 0. The van der Waals surface area contributed by atoms with Crippen molar-refractivity contribution in [3.63, 3.8) is 0 Å². The van der Waals surface area contributed by atoms with Gasteiger partial charge < -0.3 is 0 Å². The van der Waals surface area contributed by atoms with E-state index in [1.54, 1.807) is 0 Å². The second kappa shape index (κ2) is 2.37. The Balaban J connectivity index is 3.02. The molecule has 0 bridgehead atoms. The molecule has 0 aromatic carbocycles. The molecule has 0 aromatic rings. The number of hydrogen-bond donors (Lipinski definition) is 0. The molecule has 0 unspecified atom stereocenters. The fourth-order valence-corrected chi connectivity index (χ4v) is 2.59. The average molecular weight is 166 g/mol. The molecule has 0 spiro atoms. The summed E-state index contributed by atoms with van der Waals surface area (Å²) >= 11 is 0. The summed E-state index contributed by atoms with van der Waals surface area (Å²) in [6.07, 6.45) is 5.96. The summed E-state index contributed by atoms with van der Waals surface area (Å²) in [5.74, 6) is 0. The van der Waals surface area contributed by atoms with Crippen molar-refractivity contribution in [2.24, 2.45) is 16.2 Å². The van der Waals surface area contributed by atoms with Gasteiger partial charge in [0.25, 0.3) is 0 Å². The molecule has 0 fully saturated rings. The largest absolute Gasteiger partial charge is 0.0870 e. The molecule has 1 aliphatic rings. The van der Waals surface area contributed by atoms with Crippen LogP contribution in [0.2, 0.25) is 0 Å². The van der Waals surface area contributed by atoms with Gasteiger partial charge >= 0.3 is 0 Å². The van der Waals surface area contributed by atoms with E-state index in [0.29, 0.717) is 16.2 Å². The highest BCUT2D eigenvalue weighted by Crippen LogP contribution is 2.59. The fraction of sp³-hybridized carbons (Fsp3) is 0.833. The number of hydrogen-bond acceptors (Lipinski definition) is 0. The normalized spacial score (nSPS) is 22.2. The van der Waals surface area contributed by atoms with Gasteiger partial charge in [0.2, 0.25) is 0 Å². The topological polar surface area (TPSA) is 0 Å².